The Morgan fingerprint density at radius 1 is 1.32 bits per heavy atom. The van der Waals surface area contributed by atoms with Crippen LogP contribution in [0.25, 0.3) is 0 Å². The van der Waals surface area contributed by atoms with Crippen LogP contribution in [-0.4, -0.2) is 30.1 Å². The van der Waals surface area contributed by atoms with Gasteiger partial charge in [0.1, 0.15) is 0 Å². The summed E-state index contributed by atoms with van der Waals surface area (Å²) in [4.78, 5) is 23.9. The molecule has 0 amide bonds. The monoisotopic (exact) mass is 262 g/mol. The van der Waals surface area contributed by atoms with Gasteiger partial charge >= 0.3 is 5.97 Å². The number of Topliss-reactive ketones (excluding diaryl/α,β-unsaturated/α-hetero) is 1. The molecule has 0 atom stereocenters. The molecule has 0 saturated carbocycles. The lowest BCUT2D eigenvalue weighted by atomic mass is 9.77. The first-order valence-corrected chi connectivity index (χ1v) is 6.35. The van der Waals surface area contributed by atoms with Crippen LogP contribution in [-0.2, 0) is 9.53 Å². The molecule has 4 nitrogen and oxygen atoms in total. The lowest BCUT2D eigenvalue weighted by Gasteiger charge is -2.36. The first-order chi connectivity index (χ1) is 8.88. The molecule has 102 valence electrons. The van der Waals surface area contributed by atoms with Crippen molar-refractivity contribution in [3.63, 3.8) is 0 Å². The Kier molecular flexibility index (Phi) is 3.45. The summed E-state index contributed by atoms with van der Waals surface area (Å²) in [6.45, 7) is 5.84. The van der Waals surface area contributed by atoms with Gasteiger partial charge in [-0.1, -0.05) is 26.0 Å². The fourth-order valence-corrected chi connectivity index (χ4v) is 2.16. The molecule has 0 radical (unpaired) electrons. The molecular weight excluding hydrogens is 244 g/mol. The zero-order valence-electron chi connectivity index (χ0n) is 11.4. The van der Waals surface area contributed by atoms with Gasteiger partial charge in [0.2, 0.25) is 0 Å². The number of carboxylic acid groups (broad SMARTS) is 1. The molecule has 1 fully saturated rings. The lowest BCUT2D eigenvalue weighted by Crippen LogP contribution is -2.55. The van der Waals surface area contributed by atoms with Gasteiger partial charge in [-0.05, 0) is 30.0 Å². The zero-order chi connectivity index (χ0) is 14.2. The number of rotatable bonds is 4. The highest BCUT2D eigenvalue weighted by molar-refractivity contribution is 6.13. The van der Waals surface area contributed by atoms with Crippen LogP contribution in [0.5, 0.6) is 0 Å². The summed E-state index contributed by atoms with van der Waals surface area (Å²) in [7, 11) is 0. The summed E-state index contributed by atoms with van der Waals surface area (Å²) in [5.74, 6) is -1.14. The summed E-state index contributed by atoms with van der Waals surface area (Å²) >= 11 is 0. The molecule has 0 spiro atoms. The average Bonchev–Trinajstić information content (AvgIpc) is 2.26. The first kappa shape index (κ1) is 13.7. The van der Waals surface area contributed by atoms with E-state index in [0.29, 0.717) is 11.5 Å². The van der Waals surface area contributed by atoms with Gasteiger partial charge in [-0.3, -0.25) is 9.59 Å². The predicted octanol–water partition coefficient (Wildman–Crippen LogP) is 2.40. The molecule has 1 aromatic rings. The highest BCUT2D eigenvalue weighted by atomic mass is 16.5. The van der Waals surface area contributed by atoms with E-state index in [1.165, 1.54) is 0 Å². The van der Waals surface area contributed by atoms with Gasteiger partial charge in [0, 0.05) is 5.56 Å². The SMILES string of the molecule is Cc1ccc(C(C)C)cc1C(=O)C1(C(=O)O)COC1. The Bertz CT molecular complexity index is 527. The van der Waals surface area contributed by atoms with E-state index in [1.54, 1.807) is 0 Å². The minimum Gasteiger partial charge on any atom is -0.480 e. The first-order valence-electron chi connectivity index (χ1n) is 6.35. The number of aliphatic carboxylic acids is 1. The molecule has 19 heavy (non-hydrogen) atoms. The quantitative estimate of drug-likeness (QED) is 0.668. The number of carbonyl (C=O) groups is 2. The summed E-state index contributed by atoms with van der Waals surface area (Å²) in [6.07, 6.45) is 0. The molecule has 1 saturated heterocycles. The van der Waals surface area contributed by atoms with E-state index in [0.717, 1.165) is 11.1 Å². The number of hydrogen-bond acceptors (Lipinski definition) is 3. The molecule has 0 aliphatic carbocycles. The number of aryl methyl sites for hydroxylation is 1. The van der Waals surface area contributed by atoms with Crippen molar-refractivity contribution < 1.29 is 19.4 Å². The van der Waals surface area contributed by atoms with Crippen LogP contribution < -0.4 is 0 Å². The maximum atomic E-state index is 12.5. The van der Waals surface area contributed by atoms with Crippen molar-refractivity contribution in [2.75, 3.05) is 13.2 Å². The van der Waals surface area contributed by atoms with E-state index >= 15 is 0 Å². The zero-order valence-corrected chi connectivity index (χ0v) is 11.4. The van der Waals surface area contributed by atoms with Crippen molar-refractivity contribution in [3.05, 3.63) is 34.9 Å². The molecular formula is C15H18O4. The maximum Gasteiger partial charge on any atom is 0.322 e. The largest absolute Gasteiger partial charge is 0.480 e. The van der Waals surface area contributed by atoms with Crippen molar-refractivity contribution in [2.45, 2.75) is 26.7 Å². The fraction of sp³-hybridized carbons (Fsp3) is 0.467. The number of benzene rings is 1. The standard InChI is InChI=1S/C15H18O4/c1-9(2)11-5-4-10(3)12(6-11)13(16)15(14(17)18)7-19-8-15/h4-6,9H,7-8H2,1-3H3,(H,17,18). The number of carbonyl (C=O) groups excluding carboxylic acids is 1. The van der Waals surface area contributed by atoms with Gasteiger partial charge in [-0.2, -0.15) is 0 Å². The van der Waals surface area contributed by atoms with Crippen molar-refractivity contribution in [3.8, 4) is 0 Å². The van der Waals surface area contributed by atoms with Crippen LogP contribution in [0, 0.1) is 12.3 Å². The molecule has 0 bridgehead atoms. The van der Waals surface area contributed by atoms with Crippen LogP contribution in [0.15, 0.2) is 18.2 Å². The van der Waals surface area contributed by atoms with E-state index in [1.807, 2.05) is 39.0 Å². The molecule has 1 N–H and O–H groups in total. The van der Waals surface area contributed by atoms with Crippen LogP contribution in [0.1, 0.15) is 41.3 Å². The van der Waals surface area contributed by atoms with Crippen molar-refractivity contribution in [1.82, 2.24) is 0 Å². The minimum atomic E-state index is -1.39. The number of ether oxygens (including phenoxy) is 1. The van der Waals surface area contributed by atoms with Crippen LogP contribution >= 0.6 is 0 Å². The van der Waals surface area contributed by atoms with E-state index in [9.17, 15) is 14.7 Å². The van der Waals surface area contributed by atoms with Crippen LogP contribution in [0.2, 0.25) is 0 Å². The normalized spacial score (nSPS) is 17.1. The summed E-state index contributed by atoms with van der Waals surface area (Å²) in [5, 5.41) is 9.28. The second-order valence-electron chi connectivity index (χ2n) is 5.44. The third kappa shape index (κ3) is 2.16. The van der Waals surface area contributed by atoms with Crippen molar-refractivity contribution >= 4 is 11.8 Å². The highest BCUT2D eigenvalue weighted by Gasteiger charge is 2.53. The molecule has 1 aromatic carbocycles. The Labute approximate surface area is 112 Å². The van der Waals surface area contributed by atoms with Gasteiger partial charge in [0.05, 0.1) is 13.2 Å². The highest BCUT2D eigenvalue weighted by Crippen LogP contribution is 2.34. The van der Waals surface area contributed by atoms with Crippen LogP contribution in [0.3, 0.4) is 0 Å². The maximum absolute atomic E-state index is 12.5. The second-order valence-corrected chi connectivity index (χ2v) is 5.44. The van der Waals surface area contributed by atoms with Crippen molar-refractivity contribution in [1.29, 1.82) is 0 Å². The topological polar surface area (TPSA) is 63.6 Å². The second kappa shape index (κ2) is 4.78. The molecule has 1 aliphatic rings. The minimum absolute atomic E-state index is 0.0352. The Hall–Kier alpha value is -1.68. The van der Waals surface area contributed by atoms with E-state index < -0.39 is 11.4 Å². The molecule has 1 heterocycles. The Morgan fingerprint density at radius 2 is 1.95 bits per heavy atom. The smallest absolute Gasteiger partial charge is 0.322 e. The number of ketones is 1. The summed E-state index contributed by atoms with van der Waals surface area (Å²) < 4.78 is 4.96. The number of hydrogen-bond donors (Lipinski definition) is 1. The van der Waals surface area contributed by atoms with Crippen molar-refractivity contribution in [2.24, 2.45) is 5.41 Å². The van der Waals surface area contributed by atoms with E-state index in [2.05, 4.69) is 0 Å². The van der Waals surface area contributed by atoms with E-state index in [-0.39, 0.29) is 19.0 Å². The van der Waals surface area contributed by atoms with Gasteiger partial charge < -0.3 is 9.84 Å². The molecule has 1 aliphatic heterocycles. The predicted molar refractivity (Wildman–Crippen MR) is 70.5 cm³/mol. The lowest BCUT2D eigenvalue weighted by molar-refractivity contribution is -0.169. The Balaban J connectivity index is 2.43. The average molecular weight is 262 g/mol. The third-order valence-corrected chi connectivity index (χ3v) is 3.71. The summed E-state index contributed by atoms with van der Waals surface area (Å²) in [5.41, 5.74) is 0.953. The Morgan fingerprint density at radius 3 is 2.37 bits per heavy atom. The molecule has 2 rings (SSSR count). The van der Waals surface area contributed by atoms with Gasteiger partial charge in [-0.25, -0.2) is 0 Å². The van der Waals surface area contributed by atoms with Gasteiger partial charge in [0.25, 0.3) is 0 Å². The molecule has 4 heteroatoms. The third-order valence-electron chi connectivity index (χ3n) is 3.71. The van der Waals surface area contributed by atoms with Gasteiger partial charge in [0.15, 0.2) is 11.2 Å². The summed E-state index contributed by atoms with van der Waals surface area (Å²) in [6, 6.07) is 5.66. The van der Waals surface area contributed by atoms with Gasteiger partial charge in [-0.15, -0.1) is 0 Å². The molecule has 0 unspecified atom stereocenters. The fourth-order valence-electron chi connectivity index (χ4n) is 2.16. The number of carboxylic acids is 1. The van der Waals surface area contributed by atoms with E-state index in [4.69, 9.17) is 4.74 Å². The molecule has 0 aromatic heterocycles. The van der Waals surface area contributed by atoms with Crippen LogP contribution in [0.4, 0.5) is 0 Å².